The molecule has 0 aliphatic carbocycles. The molecule has 0 aromatic carbocycles. The highest BCUT2D eigenvalue weighted by Gasteiger charge is 2.35. The molecule has 1 fully saturated rings. The first-order valence-electron chi connectivity index (χ1n) is 5.76. The molecule has 100 valence electrons. The molecule has 1 aliphatic heterocycles. The van der Waals surface area contributed by atoms with Crippen molar-refractivity contribution in [2.24, 2.45) is 5.92 Å². The van der Waals surface area contributed by atoms with Gasteiger partial charge >= 0.3 is 13.1 Å². The smallest absolute Gasteiger partial charge is 0.449 e. The Morgan fingerprint density at radius 2 is 1.88 bits per heavy atom. The third kappa shape index (κ3) is 5.32. The van der Waals surface area contributed by atoms with E-state index in [4.69, 9.17) is 4.74 Å². The first-order chi connectivity index (χ1) is 7.57. The fourth-order valence-electron chi connectivity index (χ4n) is 1.65. The number of ether oxygens (including phenoxy) is 1. The van der Waals surface area contributed by atoms with E-state index in [0.717, 1.165) is 0 Å². The first kappa shape index (κ1) is 14.2. The largest absolute Gasteiger partial charge is 0.478 e. The minimum absolute atomic E-state index is 0.0361. The number of likely N-dealkylation sites (tertiary alicyclic amines) is 1. The third-order valence-corrected chi connectivity index (χ3v) is 2.51. The molecule has 1 rings (SSSR count). The summed E-state index contributed by atoms with van der Waals surface area (Å²) in [6.45, 7) is 1.33. The maximum Gasteiger partial charge on any atom is 0.478 e. The highest BCUT2D eigenvalue weighted by molar-refractivity contribution is 6.58. The maximum atomic E-state index is 12.0. The molecule has 0 spiro atoms. The number of rotatable bonds is 3. The third-order valence-electron chi connectivity index (χ3n) is 2.51. The van der Waals surface area contributed by atoms with Gasteiger partial charge < -0.3 is 22.6 Å². The number of nitrogens with zero attached hydrogens (tertiary/aromatic N) is 1. The van der Waals surface area contributed by atoms with E-state index in [1.165, 1.54) is 4.90 Å². The van der Waals surface area contributed by atoms with E-state index in [1.807, 2.05) is 0 Å². The van der Waals surface area contributed by atoms with Crippen LogP contribution in [0.25, 0.3) is 0 Å². The fourth-order valence-corrected chi connectivity index (χ4v) is 1.65. The highest BCUT2D eigenvalue weighted by Crippen LogP contribution is 2.27. The van der Waals surface area contributed by atoms with Crippen LogP contribution in [0.15, 0.2) is 0 Å². The Labute approximate surface area is 99.4 Å². The van der Waals surface area contributed by atoms with E-state index >= 15 is 0 Å². The summed E-state index contributed by atoms with van der Waals surface area (Å²) in [5.41, 5.74) is -0.558. The molecule has 1 heterocycles. The number of hydrogen-bond donors (Lipinski definition) is 0. The summed E-state index contributed by atoms with van der Waals surface area (Å²) in [7, 11) is 0. The Balaban J connectivity index is 2.21. The van der Waals surface area contributed by atoms with Crippen molar-refractivity contribution in [2.45, 2.75) is 39.1 Å². The number of halogens is 3. The molecule has 1 saturated heterocycles. The summed E-state index contributed by atoms with van der Waals surface area (Å²) in [5, 5.41) is 0. The van der Waals surface area contributed by atoms with Gasteiger partial charge in [0.05, 0.1) is 0 Å². The van der Waals surface area contributed by atoms with E-state index in [2.05, 4.69) is 0 Å². The first-order valence-corrected chi connectivity index (χ1v) is 5.76. The molecule has 1 aliphatic rings. The molecule has 0 aromatic heterocycles. The predicted octanol–water partition coefficient (Wildman–Crippen LogP) is 3.09. The average Bonchev–Trinajstić information content (AvgIpc) is 1.94. The van der Waals surface area contributed by atoms with Crippen molar-refractivity contribution in [3.05, 3.63) is 0 Å². The van der Waals surface area contributed by atoms with Crippen molar-refractivity contribution in [1.82, 2.24) is 4.90 Å². The molecule has 1 amide bonds. The van der Waals surface area contributed by atoms with Crippen LogP contribution < -0.4 is 0 Å². The van der Waals surface area contributed by atoms with Gasteiger partial charge in [0.2, 0.25) is 0 Å². The van der Waals surface area contributed by atoms with Gasteiger partial charge in [0.15, 0.2) is 0 Å². The van der Waals surface area contributed by atoms with Crippen LogP contribution in [0.2, 0.25) is 6.32 Å². The zero-order valence-corrected chi connectivity index (χ0v) is 10.4. The maximum absolute atomic E-state index is 12.0. The molecule has 0 radical (unpaired) electrons. The molecule has 0 aromatic rings. The number of carbonyl (C=O) groups excluding carboxylic acids is 1. The summed E-state index contributed by atoms with van der Waals surface area (Å²) in [6, 6.07) is 0. The Bertz CT molecular complexity index is 282. The molecule has 0 saturated carbocycles. The van der Waals surface area contributed by atoms with Gasteiger partial charge in [0.1, 0.15) is 5.60 Å². The lowest BCUT2D eigenvalue weighted by Crippen LogP contribution is -2.51. The Morgan fingerprint density at radius 1 is 1.35 bits per heavy atom. The van der Waals surface area contributed by atoms with Crippen LogP contribution in [0.3, 0.4) is 0 Å². The van der Waals surface area contributed by atoms with E-state index in [9.17, 15) is 17.7 Å². The van der Waals surface area contributed by atoms with Crippen molar-refractivity contribution < 1.29 is 22.5 Å². The van der Waals surface area contributed by atoms with Crippen LogP contribution in [0.4, 0.5) is 17.7 Å². The minimum Gasteiger partial charge on any atom is -0.449 e. The van der Waals surface area contributed by atoms with Crippen molar-refractivity contribution in [2.75, 3.05) is 13.1 Å². The van der Waals surface area contributed by atoms with Gasteiger partial charge in [-0.05, 0) is 26.7 Å². The lowest BCUT2D eigenvalue weighted by Gasteiger charge is -2.40. The van der Waals surface area contributed by atoms with Gasteiger partial charge in [-0.2, -0.15) is 0 Å². The zero-order valence-electron chi connectivity index (χ0n) is 10.4. The monoisotopic (exact) mass is 252 g/mol. The van der Waals surface area contributed by atoms with Crippen LogP contribution >= 0.6 is 0 Å². The molecule has 3 nitrogen and oxygen atoms in total. The van der Waals surface area contributed by atoms with Crippen molar-refractivity contribution in [1.29, 1.82) is 0 Å². The molecule has 0 unspecified atom stereocenters. The predicted molar refractivity (Wildman–Crippen MR) is 59.8 cm³/mol. The van der Waals surface area contributed by atoms with Gasteiger partial charge in [-0.1, -0.05) is 12.7 Å². The molecular weight excluding hydrogens is 234 g/mol. The molecule has 17 heavy (non-hydrogen) atoms. The van der Waals surface area contributed by atoms with E-state index < -0.39 is 25.0 Å². The standard InChI is InChI=1S/C10H18BF3NO2/c1-10(2,3)17-9(16)15-6-8(7-15)4-5-11(12,13)14/h8H,4-7H2,1-3H3/q-1. The van der Waals surface area contributed by atoms with Crippen LogP contribution in [0.5, 0.6) is 0 Å². The van der Waals surface area contributed by atoms with Gasteiger partial charge in [-0.3, -0.25) is 0 Å². The highest BCUT2D eigenvalue weighted by atomic mass is 19.4. The van der Waals surface area contributed by atoms with Crippen LogP contribution in [0.1, 0.15) is 27.2 Å². The average molecular weight is 252 g/mol. The van der Waals surface area contributed by atoms with E-state index in [0.29, 0.717) is 13.1 Å². The van der Waals surface area contributed by atoms with E-state index in [1.54, 1.807) is 20.8 Å². The Morgan fingerprint density at radius 3 is 2.29 bits per heavy atom. The second-order valence-corrected chi connectivity index (χ2v) is 5.54. The minimum atomic E-state index is -4.70. The van der Waals surface area contributed by atoms with Gasteiger partial charge in [-0.25, -0.2) is 4.79 Å². The topological polar surface area (TPSA) is 29.5 Å². The molecule has 0 atom stereocenters. The van der Waals surface area contributed by atoms with Gasteiger partial charge in [-0.15, -0.1) is 0 Å². The van der Waals surface area contributed by atoms with Crippen LogP contribution in [-0.4, -0.2) is 36.7 Å². The van der Waals surface area contributed by atoms with Gasteiger partial charge in [0, 0.05) is 13.1 Å². The SMILES string of the molecule is CC(C)(C)OC(=O)N1CC(CC[B-](F)(F)F)C1. The Hall–Kier alpha value is -0.875. The summed E-state index contributed by atoms with van der Waals surface area (Å²) >= 11 is 0. The summed E-state index contributed by atoms with van der Waals surface area (Å²) in [4.78, 5) is 12.9. The van der Waals surface area contributed by atoms with Crippen molar-refractivity contribution in [3.8, 4) is 0 Å². The number of amides is 1. The summed E-state index contributed by atoms with van der Waals surface area (Å²) in [5.74, 6) is -0.0361. The zero-order chi connectivity index (χ0) is 13.3. The second kappa shape index (κ2) is 4.78. The van der Waals surface area contributed by atoms with Crippen LogP contribution in [0, 0.1) is 5.92 Å². The molecular formula is C10H18BF3NO2-. The van der Waals surface area contributed by atoms with Gasteiger partial charge in [0.25, 0.3) is 0 Å². The molecule has 0 N–H and O–H groups in total. The lowest BCUT2D eigenvalue weighted by atomic mass is 9.79. The second-order valence-electron chi connectivity index (χ2n) is 5.54. The van der Waals surface area contributed by atoms with Crippen molar-refractivity contribution >= 4 is 13.1 Å². The summed E-state index contributed by atoms with van der Waals surface area (Å²) in [6.07, 6.45) is -1.04. The quantitative estimate of drug-likeness (QED) is 0.722. The van der Waals surface area contributed by atoms with Crippen molar-refractivity contribution in [3.63, 3.8) is 0 Å². The fraction of sp³-hybridized carbons (Fsp3) is 0.900. The number of carbonyl (C=O) groups is 1. The van der Waals surface area contributed by atoms with E-state index in [-0.39, 0.29) is 12.3 Å². The normalized spacial score (nSPS) is 17.9. The molecule has 0 bridgehead atoms. The number of hydrogen-bond acceptors (Lipinski definition) is 2. The van der Waals surface area contributed by atoms with Crippen LogP contribution in [-0.2, 0) is 4.74 Å². The molecule has 7 heteroatoms. The Kier molecular flexibility index (Phi) is 3.99. The summed E-state index contributed by atoms with van der Waals surface area (Å²) < 4.78 is 41.1. The lowest BCUT2D eigenvalue weighted by molar-refractivity contribution is -0.00157.